The Morgan fingerprint density at radius 1 is 1.67 bits per heavy atom. The maximum absolute atomic E-state index is 10.3. The maximum atomic E-state index is 10.3. The Hall–Kier alpha value is -1.58. The summed E-state index contributed by atoms with van der Waals surface area (Å²) in [7, 11) is 0. The molecule has 0 saturated carbocycles. The van der Waals surface area contributed by atoms with Crippen LogP contribution in [0.3, 0.4) is 0 Å². The number of rotatable bonds is 2. The second-order valence-electron chi connectivity index (χ2n) is 2.49. The van der Waals surface area contributed by atoms with Gasteiger partial charge in [-0.15, -0.1) is 0 Å². The normalized spacial score (nSPS) is 9.75. The molecule has 0 aliphatic heterocycles. The zero-order valence-corrected chi connectivity index (χ0v) is 6.61. The number of carboxylic acid groups (broad SMARTS) is 1. The fourth-order valence-electron chi connectivity index (χ4n) is 0.879. The molecule has 1 aromatic heterocycles. The Balaban J connectivity index is 3.00. The van der Waals surface area contributed by atoms with Crippen LogP contribution in [0.4, 0.5) is 0 Å². The lowest BCUT2D eigenvalue weighted by Crippen LogP contribution is -2.02. The van der Waals surface area contributed by atoms with E-state index in [0.717, 1.165) is 0 Å². The van der Waals surface area contributed by atoms with Crippen LogP contribution in [0.15, 0.2) is 12.3 Å². The monoisotopic (exact) mass is 167 g/mol. The minimum absolute atomic E-state index is 0.0279. The fraction of sp³-hybridized carbons (Fsp3) is 0.250. The molecule has 0 bridgehead atoms. The largest absolute Gasteiger partial charge is 0.506 e. The first kappa shape index (κ1) is 8.52. The molecule has 4 heteroatoms. The lowest BCUT2D eigenvalue weighted by Gasteiger charge is -2.02. The van der Waals surface area contributed by atoms with Crippen LogP contribution in [0.2, 0.25) is 0 Å². The van der Waals surface area contributed by atoms with Gasteiger partial charge < -0.3 is 10.2 Å². The molecule has 0 unspecified atom stereocenters. The van der Waals surface area contributed by atoms with E-state index in [1.54, 1.807) is 13.0 Å². The summed E-state index contributed by atoms with van der Waals surface area (Å²) in [6.07, 6.45) is 1.24. The summed E-state index contributed by atoms with van der Waals surface area (Å²) >= 11 is 0. The predicted octanol–water partition coefficient (Wildman–Crippen LogP) is 0.723. The van der Waals surface area contributed by atoms with Crippen LogP contribution in [-0.2, 0) is 11.2 Å². The first-order valence-corrected chi connectivity index (χ1v) is 3.46. The van der Waals surface area contributed by atoms with Crippen molar-refractivity contribution in [2.24, 2.45) is 0 Å². The van der Waals surface area contributed by atoms with Gasteiger partial charge in [-0.05, 0) is 18.6 Å². The first-order chi connectivity index (χ1) is 5.61. The molecular formula is C8H9NO3. The molecule has 0 aromatic carbocycles. The van der Waals surface area contributed by atoms with Crippen molar-refractivity contribution < 1.29 is 15.0 Å². The van der Waals surface area contributed by atoms with Crippen molar-refractivity contribution in [3.8, 4) is 5.75 Å². The van der Waals surface area contributed by atoms with Gasteiger partial charge >= 0.3 is 5.97 Å². The van der Waals surface area contributed by atoms with Crippen molar-refractivity contribution in [2.75, 3.05) is 0 Å². The Morgan fingerprint density at radius 3 is 2.92 bits per heavy atom. The lowest BCUT2D eigenvalue weighted by atomic mass is 10.2. The molecule has 0 radical (unpaired) electrons. The second kappa shape index (κ2) is 3.21. The van der Waals surface area contributed by atoms with E-state index >= 15 is 0 Å². The smallest absolute Gasteiger partial charge is 0.309 e. The molecular weight excluding hydrogens is 158 g/mol. The number of aromatic hydroxyl groups is 1. The minimum atomic E-state index is -0.997. The van der Waals surface area contributed by atoms with E-state index in [9.17, 15) is 9.90 Å². The summed E-state index contributed by atoms with van der Waals surface area (Å²) in [6.45, 7) is 1.70. The van der Waals surface area contributed by atoms with E-state index in [-0.39, 0.29) is 17.9 Å². The summed E-state index contributed by atoms with van der Waals surface area (Å²) in [5.74, 6) is -1.02. The summed E-state index contributed by atoms with van der Waals surface area (Å²) in [5, 5.41) is 17.8. The number of aryl methyl sites for hydroxylation is 1. The van der Waals surface area contributed by atoms with Crippen LogP contribution in [0.5, 0.6) is 5.75 Å². The SMILES string of the molecule is Cc1ccnc(CC(=O)O)c1O. The van der Waals surface area contributed by atoms with E-state index in [1.807, 2.05) is 0 Å². The summed E-state index contributed by atoms with van der Waals surface area (Å²) in [6, 6.07) is 1.63. The lowest BCUT2D eigenvalue weighted by molar-refractivity contribution is -0.136. The molecule has 0 atom stereocenters. The molecule has 1 aromatic rings. The van der Waals surface area contributed by atoms with Crippen LogP contribution in [0, 0.1) is 6.92 Å². The average molecular weight is 167 g/mol. The van der Waals surface area contributed by atoms with E-state index in [4.69, 9.17) is 5.11 Å². The maximum Gasteiger partial charge on any atom is 0.309 e. The number of pyridine rings is 1. The molecule has 0 aliphatic rings. The number of carbonyl (C=O) groups is 1. The molecule has 1 heterocycles. The summed E-state index contributed by atoms with van der Waals surface area (Å²) < 4.78 is 0. The van der Waals surface area contributed by atoms with Crippen LogP contribution >= 0.6 is 0 Å². The molecule has 0 spiro atoms. The number of hydrogen-bond acceptors (Lipinski definition) is 3. The fourth-order valence-corrected chi connectivity index (χ4v) is 0.879. The third kappa shape index (κ3) is 1.72. The molecule has 2 N–H and O–H groups in total. The van der Waals surface area contributed by atoms with E-state index in [1.165, 1.54) is 6.20 Å². The molecule has 0 saturated heterocycles. The van der Waals surface area contributed by atoms with Crippen molar-refractivity contribution in [2.45, 2.75) is 13.3 Å². The van der Waals surface area contributed by atoms with Crippen LogP contribution in [-0.4, -0.2) is 21.2 Å². The predicted molar refractivity (Wildman–Crippen MR) is 42.0 cm³/mol. The van der Waals surface area contributed by atoms with Gasteiger partial charge in [-0.25, -0.2) is 0 Å². The summed E-state index contributed by atoms with van der Waals surface area (Å²) in [5.41, 5.74) is 0.851. The standard InChI is InChI=1S/C8H9NO3/c1-5-2-3-9-6(8(5)12)4-7(10)11/h2-3,12H,4H2,1H3,(H,10,11). The topological polar surface area (TPSA) is 70.4 Å². The number of hydrogen-bond donors (Lipinski definition) is 2. The highest BCUT2D eigenvalue weighted by Gasteiger charge is 2.08. The highest BCUT2D eigenvalue weighted by molar-refractivity contribution is 5.70. The zero-order valence-electron chi connectivity index (χ0n) is 6.61. The molecule has 0 fully saturated rings. The number of aliphatic carboxylic acids is 1. The second-order valence-corrected chi connectivity index (χ2v) is 2.49. The van der Waals surface area contributed by atoms with Gasteiger partial charge in [0.2, 0.25) is 0 Å². The molecule has 12 heavy (non-hydrogen) atoms. The van der Waals surface area contributed by atoms with Gasteiger partial charge in [-0.1, -0.05) is 0 Å². The van der Waals surface area contributed by atoms with Gasteiger partial charge in [-0.3, -0.25) is 9.78 Å². The summed E-state index contributed by atoms with van der Waals surface area (Å²) in [4.78, 5) is 14.0. The van der Waals surface area contributed by atoms with Crippen molar-refractivity contribution in [3.05, 3.63) is 23.5 Å². The molecule has 0 aliphatic carbocycles. The van der Waals surface area contributed by atoms with E-state index in [2.05, 4.69) is 4.98 Å². The highest BCUT2D eigenvalue weighted by Crippen LogP contribution is 2.18. The van der Waals surface area contributed by atoms with E-state index < -0.39 is 5.97 Å². The third-order valence-electron chi connectivity index (χ3n) is 1.52. The Morgan fingerprint density at radius 2 is 2.33 bits per heavy atom. The quantitative estimate of drug-likeness (QED) is 0.681. The van der Waals surface area contributed by atoms with Crippen molar-refractivity contribution in [1.82, 2.24) is 4.98 Å². The molecule has 4 nitrogen and oxygen atoms in total. The van der Waals surface area contributed by atoms with Crippen molar-refractivity contribution in [3.63, 3.8) is 0 Å². The Labute approximate surface area is 69.5 Å². The third-order valence-corrected chi connectivity index (χ3v) is 1.52. The van der Waals surface area contributed by atoms with Gasteiger partial charge in [0.05, 0.1) is 12.1 Å². The Bertz CT molecular complexity index is 309. The number of carboxylic acids is 1. The molecule has 64 valence electrons. The van der Waals surface area contributed by atoms with Crippen LogP contribution in [0.1, 0.15) is 11.3 Å². The van der Waals surface area contributed by atoms with Crippen molar-refractivity contribution in [1.29, 1.82) is 0 Å². The van der Waals surface area contributed by atoms with Gasteiger partial charge in [0.1, 0.15) is 5.75 Å². The van der Waals surface area contributed by atoms with Gasteiger partial charge in [0.25, 0.3) is 0 Å². The van der Waals surface area contributed by atoms with Gasteiger partial charge in [0, 0.05) is 6.20 Å². The van der Waals surface area contributed by atoms with Crippen LogP contribution < -0.4 is 0 Å². The minimum Gasteiger partial charge on any atom is -0.506 e. The molecule has 0 amide bonds. The van der Waals surface area contributed by atoms with Crippen LogP contribution in [0.25, 0.3) is 0 Å². The van der Waals surface area contributed by atoms with Crippen molar-refractivity contribution >= 4 is 5.97 Å². The van der Waals surface area contributed by atoms with E-state index in [0.29, 0.717) is 5.56 Å². The Kier molecular flexibility index (Phi) is 2.28. The molecule has 1 rings (SSSR count). The zero-order chi connectivity index (χ0) is 9.14. The number of aromatic nitrogens is 1. The average Bonchev–Trinajstić information content (AvgIpc) is 1.98. The van der Waals surface area contributed by atoms with Gasteiger partial charge in [0.15, 0.2) is 0 Å². The first-order valence-electron chi connectivity index (χ1n) is 3.46. The highest BCUT2D eigenvalue weighted by atomic mass is 16.4. The number of nitrogens with zero attached hydrogens (tertiary/aromatic N) is 1. The van der Waals surface area contributed by atoms with Gasteiger partial charge in [-0.2, -0.15) is 0 Å².